The molecule has 1 atom stereocenters. The first kappa shape index (κ1) is 18.0. The molecule has 1 unspecified atom stereocenters. The van der Waals surface area contributed by atoms with Crippen molar-refractivity contribution in [3.8, 4) is 0 Å². The molecule has 0 aromatic carbocycles. The van der Waals surface area contributed by atoms with Crippen molar-refractivity contribution in [3.05, 3.63) is 48.0 Å². The first-order valence-electron chi connectivity index (χ1n) is 8.90. The number of thioether (sulfide) groups is 1. The maximum Gasteiger partial charge on any atom is 0.287 e. The molecule has 2 aromatic rings. The average molecular weight is 359 g/mol. The van der Waals surface area contributed by atoms with Gasteiger partial charge in [-0.2, -0.15) is 0 Å². The molecule has 25 heavy (non-hydrogen) atoms. The van der Waals surface area contributed by atoms with Crippen LogP contribution in [0.5, 0.6) is 0 Å². The van der Waals surface area contributed by atoms with E-state index in [1.54, 1.807) is 24.0 Å². The van der Waals surface area contributed by atoms with Crippen molar-refractivity contribution >= 4 is 17.7 Å². The standard InChI is InChI=1S/C19H25N3O2S/c1-15(22-12-5-2-6-13-22)16-8-9-17(24-16)19(23)21-11-14-25-18-7-3-4-10-20-18/h3-4,7-10,15H,2,5-6,11-14H2,1H3,(H,21,23). The fourth-order valence-corrected chi connectivity index (χ4v) is 3.75. The van der Waals surface area contributed by atoms with E-state index in [2.05, 4.69) is 22.1 Å². The van der Waals surface area contributed by atoms with Crippen molar-refractivity contribution < 1.29 is 9.21 Å². The maximum absolute atomic E-state index is 12.2. The number of nitrogens with zero attached hydrogens (tertiary/aromatic N) is 2. The van der Waals surface area contributed by atoms with E-state index in [0.717, 1.165) is 29.6 Å². The number of nitrogens with one attached hydrogen (secondary N) is 1. The highest BCUT2D eigenvalue weighted by molar-refractivity contribution is 7.99. The Morgan fingerprint density at radius 1 is 1.28 bits per heavy atom. The lowest BCUT2D eigenvalue weighted by Crippen LogP contribution is -2.32. The Kier molecular flexibility index (Phi) is 6.53. The first-order valence-corrected chi connectivity index (χ1v) is 9.88. The second-order valence-corrected chi connectivity index (χ2v) is 7.36. The summed E-state index contributed by atoms with van der Waals surface area (Å²) in [5, 5.41) is 3.87. The van der Waals surface area contributed by atoms with Crippen LogP contribution in [0.4, 0.5) is 0 Å². The summed E-state index contributed by atoms with van der Waals surface area (Å²) in [4.78, 5) is 18.9. The molecule has 1 aliphatic heterocycles. The van der Waals surface area contributed by atoms with Crippen LogP contribution in [0.3, 0.4) is 0 Å². The third-order valence-electron chi connectivity index (χ3n) is 4.48. The zero-order valence-corrected chi connectivity index (χ0v) is 15.4. The van der Waals surface area contributed by atoms with Gasteiger partial charge in [-0.15, -0.1) is 11.8 Å². The third kappa shape index (κ3) is 5.09. The van der Waals surface area contributed by atoms with Gasteiger partial charge < -0.3 is 9.73 Å². The van der Waals surface area contributed by atoms with E-state index in [1.165, 1.54) is 19.3 Å². The minimum absolute atomic E-state index is 0.154. The van der Waals surface area contributed by atoms with Crippen molar-refractivity contribution in [2.75, 3.05) is 25.4 Å². The van der Waals surface area contributed by atoms with Crippen molar-refractivity contribution in [2.24, 2.45) is 0 Å². The van der Waals surface area contributed by atoms with Gasteiger partial charge in [-0.05, 0) is 57.1 Å². The Morgan fingerprint density at radius 3 is 2.88 bits per heavy atom. The van der Waals surface area contributed by atoms with Crippen molar-refractivity contribution in [2.45, 2.75) is 37.3 Å². The lowest BCUT2D eigenvalue weighted by Gasteiger charge is -2.31. The molecule has 1 amide bonds. The van der Waals surface area contributed by atoms with Crippen LogP contribution < -0.4 is 5.32 Å². The van der Waals surface area contributed by atoms with E-state index in [9.17, 15) is 4.79 Å². The minimum atomic E-state index is -0.154. The maximum atomic E-state index is 12.2. The number of pyridine rings is 1. The molecule has 1 N–H and O–H groups in total. The van der Waals surface area contributed by atoms with Crippen molar-refractivity contribution in [1.29, 1.82) is 0 Å². The topological polar surface area (TPSA) is 58.4 Å². The Labute approximate surface area is 153 Å². The summed E-state index contributed by atoms with van der Waals surface area (Å²) in [5.74, 6) is 1.89. The summed E-state index contributed by atoms with van der Waals surface area (Å²) in [6, 6.07) is 9.75. The van der Waals surface area contributed by atoms with E-state index in [-0.39, 0.29) is 11.9 Å². The summed E-state index contributed by atoms with van der Waals surface area (Å²) in [7, 11) is 0. The smallest absolute Gasteiger partial charge is 0.287 e. The minimum Gasteiger partial charge on any atom is -0.454 e. The summed E-state index contributed by atoms with van der Waals surface area (Å²) < 4.78 is 5.80. The van der Waals surface area contributed by atoms with Crippen LogP contribution in [-0.2, 0) is 0 Å². The molecular weight excluding hydrogens is 334 g/mol. The Morgan fingerprint density at radius 2 is 2.12 bits per heavy atom. The fraction of sp³-hybridized carbons (Fsp3) is 0.474. The van der Waals surface area contributed by atoms with E-state index in [0.29, 0.717) is 12.3 Å². The van der Waals surface area contributed by atoms with Crippen LogP contribution in [0, 0.1) is 0 Å². The zero-order chi connectivity index (χ0) is 17.5. The quantitative estimate of drug-likeness (QED) is 0.603. The van der Waals surface area contributed by atoms with Gasteiger partial charge in [-0.1, -0.05) is 12.5 Å². The first-order chi connectivity index (χ1) is 12.2. The molecule has 1 fully saturated rings. The Hall–Kier alpha value is -1.79. The second kappa shape index (κ2) is 9.06. The van der Waals surface area contributed by atoms with Crippen LogP contribution in [0.15, 0.2) is 46.0 Å². The number of hydrogen-bond acceptors (Lipinski definition) is 5. The van der Waals surface area contributed by atoms with E-state index < -0.39 is 0 Å². The highest BCUT2D eigenvalue weighted by atomic mass is 32.2. The van der Waals surface area contributed by atoms with Gasteiger partial charge in [0.2, 0.25) is 0 Å². The molecule has 0 saturated carbocycles. The predicted octanol–water partition coefficient (Wildman–Crippen LogP) is 3.74. The molecule has 0 aliphatic carbocycles. The van der Waals surface area contributed by atoms with Gasteiger partial charge in [0.25, 0.3) is 5.91 Å². The summed E-state index contributed by atoms with van der Waals surface area (Å²) in [5.41, 5.74) is 0. The summed E-state index contributed by atoms with van der Waals surface area (Å²) in [6.07, 6.45) is 5.57. The molecular formula is C19H25N3O2S. The zero-order valence-electron chi connectivity index (χ0n) is 14.6. The Bertz CT molecular complexity index is 668. The monoisotopic (exact) mass is 359 g/mol. The second-order valence-electron chi connectivity index (χ2n) is 6.25. The molecule has 3 rings (SSSR count). The number of hydrogen-bond donors (Lipinski definition) is 1. The SMILES string of the molecule is CC(c1ccc(C(=O)NCCSc2ccccn2)o1)N1CCCCC1. The summed E-state index contributed by atoms with van der Waals surface area (Å²) in [6.45, 7) is 4.94. The van der Waals surface area contributed by atoms with Gasteiger partial charge in [-0.3, -0.25) is 9.69 Å². The molecule has 0 radical (unpaired) electrons. The molecule has 0 bridgehead atoms. The Balaban J connectivity index is 1.45. The van der Waals surface area contributed by atoms with Gasteiger partial charge in [0, 0.05) is 18.5 Å². The number of rotatable bonds is 7. The average Bonchev–Trinajstić information content (AvgIpc) is 3.16. The predicted molar refractivity (Wildman–Crippen MR) is 99.8 cm³/mol. The highest BCUT2D eigenvalue weighted by Crippen LogP contribution is 2.25. The number of aromatic nitrogens is 1. The van der Waals surface area contributed by atoms with Crippen molar-refractivity contribution in [1.82, 2.24) is 15.2 Å². The number of amides is 1. The van der Waals surface area contributed by atoms with Crippen LogP contribution in [0.25, 0.3) is 0 Å². The van der Waals surface area contributed by atoms with Gasteiger partial charge in [0.05, 0.1) is 11.1 Å². The molecule has 1 saturated heterocycles. The molecule has 6 heteroatoms. The fourth-order valence-electron chi connectivity index (χ4n) is 3.02. The van der Waals surface area contributed by atoms with Gasteiger partial charge in [0.15, 0.2) is 5.76 Å². The lowest BCUT2D eigenvalue weighted by molar-refractivity contribution is 0.0919. The van der Waals surface area contributed by atoms with Gasteiger partial charge >= 0.3 is 0 Å². The molecule has 3 heterocycles. The molecule has 5 nitrogen and oxygen atoms in total. The number of carbonyl (C=O) groups excluding carboxylic acids is 1. The molecule has 0 spiro atoms. The van der Waals surface area contributed by atoms with Crippen LogP contribution >= 0.6 is 11.8 Å². The van der Waals surface area contributed by atoms with Crippen LogP contribution in [-0.4, -0.2) is 41.2 Å². The molecule has 2 aromatic heterocycles. The highest BCUT2D eigenvalue weighted by Gasteiger charge is 2.22. The number of carbonyl (C=O) groups is 1. The van der Waals surface area contributed by atoms with Crippen molar-refractivity contribution in [3.63, 3.8) is 0 Å². The lowest BCUT2D eigenvalue weighted by atomic mass is 10.1. The normalized spacial score (nSPS) is 16.5. The largest absolute Gasteiger partial charge is 0.454 e. The third-order valence-corrected chi connectivity index (χ3v) is 5.42. The number of furan rings is 1. The molecule has 134 valence electrons. The molecule has 1 aliphatic rings. The van der Waals surface area contributed by atoms with Gasteiger partial charge in [-0.25, -0.2) is 4.98 Å². The van der Waals surface area contributed by atoms with E-state index in [1.807, 2.05) is 24.3 Å². The van der Waals surface area contributed by atoms with Gasteiger partial charge in [0.1, 0.15) is 5.76 Å². The van der Waals surface area contributed by atoms with Crippen LogP contribution in [0.1, 0.15) is 48.5 Å². The van der Waals surface area contributed by atoms with E-state index >= 15 is 0 Å². The van der Waals surface area contributed by atoms with Crippen LogP contribution in [0.2, 0.25) is 0 Å². The number of piperidine rings is 1. The number of likely N-dealkylation sites (tertiary alicyclic amines) is 1. The summed E-state index contributed by atoms with van der Waals surface area (Å²) >= 11 is 1.62. The van der Waals surface area contributed by atoms with E-state index in [4.69, 9.17) is 4.42 Å².